The Bertz CT molecular complexity index is 171. The molecule has 3 heteroatoms. The summed E-state index contributed by atoms with van der Waals surface area (Å²) in [6, 6.07) is -0.0455. The molecule has 0 rings (SSSR count). The van der Waals surface area contributed by atoms with Crippen LogP contribution in [-0.2, 0) is 9.53 Å². The molecule has 0 fully saturated rings. The van der Waals surface area contributed by atoms with Crippen molar-refractivity contribution < 1.29 is 9.53 Å². The molecule has 3 nitrogen and oxygen atoms in total. The number of hydrogen-bond donors (Lipinski definition) is 1. The number of hydrogen-bond acceptors (Lipinski definition) is 3. The van der Waals surface area contributed by atoms with Crippen LogP contribution in [0, 0.1) is 5.92 Å². The van der Waals surface area contributed by atoms with Gasteiger partial charge in [-0.05, 0) is 19.3 Å². The second-order valence-corrected chi connectivity index (χ2v) is 4.25. The van der Waals surface area contributed by atoms with Crippen LogP contribution in [0.15, 0.2) is 0 Å². The molecule has 0 aromatic carbocycles. The van der Waals surface area contributed by atoms with Crippen molar-refractivity contribution in [1.82, 2.24) is 0 Å². The second kappa shape index (κ2) is 8.72. The van der Waals surface area contributed by atoms with E-state index >= 15 is 0 Å². The molecule has 90 valence electrons. The predicted molar refractivity (Wildman–Crippen MR) is 62.5 cm³/mol. The molecule has 0 bridgehead atoms. The Hall–Kier alpha value is -0.570. The van der Waals surface area contributed by atoms with Crippen LogP contribution in [0.5, 0.6) is 0 Å². The summed E-state index contributed by atoms with van der Waals surface area (Å²) < 4.78 is 4.86. The van der Waals surface area contributed by atoms with Crippen LogP contribution in [0.25, 0.3) is 0 Å². The van der Waals surface area contributed by atoms with E-state index in [2.05, 4.69) is 13.8 Å². The molecule has 15 heavy (non-hydrogen) atoms. The fraction of sp³-hybridized carbons (Fsp3) is 0.917. The topological polar surface area (TPSA) is 52.3 Å². The van der Waals surface area contributed by atoms with Crippen LogP contribution < -0.4 is 5.73 Å². The molecule has 0 saturated heterocycles. The average molecular weight is 215 g/mol. The normalized spacial score (nSPS) is 14.7. The van der Waals surface area contributed by atoms with Gasteiger partial charge in [-0.1, -0.05) is 33.1 Å². The number of ether oxygens (including phenoxy) is 1. The maximum atomic E-state index is 11.1. The Morgan fingerprint density at radius 3 is 2.60 bits per heavy atom. The molecular weight excluding hydrogens is 190 g/mol. The van der Waals surface area contributed by atoms with Gasteiger partial charge in [0.2, 0.25) is 0 Å². The largest absolute Gasteiger partial charge is 0.466 e. The second-order valence-electron chi connectivity index (χ2n) is 4.25. The van der Waals surface area contributed by atoms with Gasteiger partial charge in [0, 0.05) is 6.04 Å². The summed E-state index contributed by atoms with van der Waals surface area (Å²) in [5.41, 5.74) is 5.88. The molecule has 0 heterocycles. The minimum absolute atomic E-state index is 0.0455. The molecule has 0 aromatic rings. The maximum Gasteiger partial charge on any atom is 0.307 e. The molecule has 0 saturated carbocycles. The van der Waals surface area contributed by atoms with Gasteiger partial charge in [0.1, 0.15) is 0 Å². The molecule has 0 aliphatic rings. The van der Waals surface area contributed by atoms with Gasteiger partial charge < -0.3 is 10.5 Å². The highest BCUT2D eigenvalue weighted by atomic mass is 16.5. The van der Waals surface area contributed by atoms with Crippen LogP contribution >= 0.6 is 0 Å². The van der Waals surface area contributed by atoms with Crippen molar-refractivity contribution >= 4 is 5.97 Å². The van der Waals surface area contributed by atoms with Crippen LogP contribution in [0.4, 0.5) is 0 Å². The predicted octanol–water partition coefficient (Wildman–Crippen LogP) is 2.48. The third-order valence-corrected chi connectivity index (χ3v) is 2.49. The van der Waals surface area contributed by atoms with E-state index in [4.69, 9.17) is 10.5 Å². The Balaban J connectivity index is 3.62. The maximum absolute atomic E-state index is 11.1. The molecule has 2 N–H and O–H groups in total. The molecule has 0 spiro atoms. The first kappa shape index (κ1) is 14.4. The smallest absolute Gasteiger partial charge is 0.307 e. The van der Waals surface area contributed by atoms with Crippen molar-refractivity contribution in [2.75, 3.05) is 6.61 Å². The van der Waals surface area contributed by atoms with Crippen molar-refractivity contribution in [3.8, 4) is 0 Å². The van der Waals surface area contributed by atoms with E-state index in [1.165, 1.54) is 19.3 Å². The summed E-state index contributed by atoms with van der Waals surface area (Å²) in [5, 5.41) is 0. The van der Waals surface area contributed by atoms with Gasteiger partial charge in [0.15, 0.2) is 0 Å². The summed E-state index contributed by atoms with van der Waals surface area (Å²) in [5.74, 6) is 0.432. The summed E-state index contributed by atoms with van der Waals surface area (Å²) in [6.07, 6.45) is 4.93. The number of rotatable bonds is 8. The van der Waals surface area contributed by atoms with Gasteiger partial charge in [0.25, 0.3) is 0 Å². The van der Waals surface area contributed by atoms with Gasteiger partial charge in [-0.2, -0.15) is 0 Å². The molecule has 2 atom stereocenters. The Morgan fingerprint density at radius 1 is 1.40 bits per heavy atom. The van der Waals surface area contributed by atoms with Crippen molar-refractivity contribution in [3.05, 3.63) is 0 Å². The molecule has 2 unspecified atom stereocenters. The highest BCUT2D eigenvalue weighted by Crippen LogP contribution is 2.14. The van der Waals surface area contributed by atoms with Crippen LogP contribution in [0.1, 0.15) is 52.9 Å². The Labute approximate surface area is 93.4 Å². The minimum Gasteiger partial charge on any atom is -0.466 e. The lowest BCUT2D eigenvalue weighted by molar-refractivity contribution is -0.143. The summed E-state index contributed by atoms with van der Waals surface area (Å²) in [7, 11) is 0. The van der Waals surface area contributed by atoms with Crippen molar-refractivity contribution in [2.24, 2.45) is 11.7 Å². The highest BCUT2D eigenvalue weighted by molar-refractivity contribution is 5.70. The lowest BCUT2D eigenvalue weighted by Crippen LogP contribution is -2.27. The van der Waals surface area contributed by atoms with Gasteiger partial charge in [0.05, 0.1) is 13.0 Å². The van der Waals surface area contributed by atoms with Crippen LogP contribution in [0.3, 0.4) is 0 Å². The Morgan fingerprint density at radius 2 is 2.07 bits per heavy atom. The van der Waals surface area contributed by atoms with E-state index in [0.29, 0.717) is 18.9 Å². The number of unbranched alkanes of at least 4 members (excludes halogenated alkanes) is 1. The summed E-state index contributed by atoms with van der Waals surface area (Å²) in [6.45, 7) is 6.64. The first-order valence-electron chi connectivity index (χ1n) is 6.01. The zero-order chi connectivity index (χ0) is 11.7. The third kappa shape index (κ3) is 8.43. The zero-order valence-electron chi connectivity index (χ0n) is 10.3. The van der Waals surface area contributed by atoms with E-state index in [9.17, 15) is 4.79 Å². The van der Waals surface area contributed by atoms with E-state index in [0.717, 1.165) is 6.42 Å². The standard InChI is InChI=1S/C12H25NO2/c1-4-6-7-10(3)8-11(13)9-12(14)15-5-2/h10-11H,4-9,13H2,1-3H3. The Kier molecular flexibility index (Phi) is 8.38. The number of carbonyl (C=O) groups is 1. The van der Waals surface area contributed by atoms with E-state index in [-0.39, 0.29) is 12.0 Å². The molecule has 0 aliphatic heterocycles. The van der Waals surface area contributed by atoms with Crippen molar-refractivity contribution in [3.63, 3.8) is 0 Å². The van der Waals surface area contributed by atoms with E-state index < -0.39 is 0 Å². The van der Waals surface area contributed by atoms with Crippen LogP contribution in [-0.4, -0.2) is 18.6 Å². The SMILES string of the molecule is CCCCC(C)CC(N)CC(=O)OCC. The number of nitrogens with two attached hydrogens (primary N) is 1. The molecule has 0 amide bonds. The fourth-order valence-corrected chi connectivity index (χ4v) is 1.70. The van der Waals surface area contributed by atoms with Gasteiger partial charge in [-0.15, -0.1) is 0 Å². The fourth-order valence-electron chi connectivity index (χ4n) is 1.70. The first-order chi connectivity index (χ1) is 7.10. The molecule has 0 aromatic heterocycles. The van der Waals surface area contributed by atoms with Crippen molar-refractivity contribution in [2.45, 2.75) is 58.9 Å². The quantitative estimate of drug-likeness (QED) is 0.633. The molecule has 0 radical (unpaired) electrons. The first-order valence-corrected chi connectivity index (χ1v) is 6.01. The van der Waals surface area contributed by atoms with E-state index in [1.807, 2.05) is 6.92 Å². The average Bonchev–Trinajstić information content (AvgIpc) is 2.14. The molecule has 0 aliphatic carbocycles. The zero-order valence-corrected chi connectivity index (χ0v) is 10.3. The molecular formula is C12H25NO2. The van der Waals surface area contributed by atoms with Crippen LogP contribution in [0.2, 0.25) is 0 Å². The summed E-state index contributed by atoms with van der Waals surface area (Å²) >= 11 is 0. The van der Waals surface area contributed by atoms with Gasteiger partial charge in [-0.25, -0.2) is 0 Å². The number of carbonyl (C=O) groups excluding carboxylic acids is 1. The van der Waals surface area contributed by atoms with Gasteiger partial charge >= 0.3 is 5.97 Å². The lowest BCUT2D eigenvalue weighted by atomic mass is 9.95. The minimum atomic E-state index is -0.173. The monoisotopic (exact) mass is 215 g/mol. The van der Waals surface area contributed by atoms with Gasteiger partial charge in [-0.3, -0.25) is 4.79 Å². The lowest BCUT2D eigenvalue weighted by Gasteiger charge is -2.16. The highest BCUT2D eigenvalue weighted by Gasteiger charge is 2.13. The summed E-state index contributed by atoms with van der Waals surface area (Å²) in [4.78, 5) is 11.1. The number of esters is 1. The third-order valence-electron chi connectivity index (χ3n) is 2.49. The van der Waals surface area contributed by atoms with E-state index in [1.54, 1.807) is 0 Å². The van der Waals surface area contributed by atoms with Crippen molar-refractivity contribution in [1.29, 1.82) is 0 Å².